The first kappa shape index (κ1) is 19.9. The Hall–Kier alpha value is -2.80. The molecule has 3 aromatic rings. The molecule has 3 rings (SSSR count). The van der Waals surface area contributed by atoms with Crippen molar-refractivity contribution in [1.82, 2.24) is 15.0 Å². The Morgan fingerprint density at radius 2 is 1.89 bits per heavy atom. The number of thioether (sulfide) groups is 1. The number of hydrogen-bond acceptors (Lipinski definition) is 5. The van der Waals surface area contributed by atoms with Crippen LogP contribution in [0.1, 0.15) is 29.9 Å². The number of methoxy groups -OCH3 is 1. The third kappa shape index (κ3) is 4.36. The molecule has 0 saturated carbocycles. The molecule has 0 fully saturated rings. The number of amides is 1. The number of carbonyl (C=O) groups is 1. The van der Waals surface area contributed by atoms with Crippen LogP contribution in [0, 0.1) is 0 Å². The van der Waals surface area contributed by atoms with Crippen molar-refractivity contribution in [2.45, 2.75) is 26.1 Å². The molecule has 0 bridgehead atoms. The van der Waals surface area contributed by atoms with Gasteiger partial charge in [0.15, 0.2) is 5.69 Å². The minimum Gasteiger partial charge on any atom is -0.497 e. The Bertz CT molecular complexity index is 938. The predicted molar refractivity (Wildman–Crippen MR) is 114 cm³/mol. The first-order chi connectivity index (χ1) is 13.7. The van der Waals surface area contributed by atoms with Gasteiger partial charge in [0.1, 0.15) is 11.4 Å². The Morgan fingerprint density at radius 3 is 2.57 bits per heavy atom. The number of rotatable bonds is 8. The average Bonchev–Trinajstić information content (AvgIpc) is 3.16. The molecule has 0 radical (unpaired) electrons. The molecule has 0 aliphatic rings. The van der Waals surface area contributed by atoms with E-state index < -0.39 is 0 Å². The lowest BCUT2D eigenvalue weighted by Crippen LogP contribution is -2.19. The molecule has 0 aliphatic carbocycles. The maximum absolute atomic E-state index is 13.2. The van der Waals surface area contributed by atoms with Gasteiger partial charge in [0.05, 0.1) is 13.0 Å². The third-order valence-corrected chi connectivity index (χ3v) is 5.21. The van der Waals surface area contributed by atoms with Crippen molar-refractivity contribution in [1.29, 1.82) is 0 Å². The van der Waals surface area contributed by atoms with Gasteiger partial charge in [-0.05, 0) is 48.1 Å². The number of nitrogens with one attached hydrogen (secondary N) is 1. The summed E-state index contributed by atoms with van der Waals surface area (Å²) in [5, 5.41) is 11.6. The van der Waals surface area contributed by atoms with Crippen LogP contribution >= 0.6 is 11.8 Å². The first-order valence-electron chi connectivity index (χ1n) is 9.22. The highest BCUT2D eigenvalue weighted by atomic mass is 32.2. The van der Waals surface area contributed by atoms with Gasteiger partial charge in [0, 0.05) is 11.3 Å². The minimum atomic E-state index is -0.214. The molecule has 1 aromatic heterocycles. The van der Waals surface area contributed by atoms with Crippen LogP contribution in [0.3, 0.4) is 0 Å². The summed E-state index contributed by atoms with van der Waals surface area (Å²) in [6.07, 6.45) is 0.838. The van der Waals surface area contributed by atoms with E-state index in [1.165, 1.54) is 0 Å². The summed E-state index contributed by atoms with van der Waals surface area (Å²) in [6, 6.07) is 15.3. The SMILES string of the molecule is CCSCn1nnc(-c2ccc(OC)cc2)c1C(=O)Nc1ccccc1CC. The molecule has 28 heavy (non-hydrogen) atoms. The van der Waals surface area contributed by atoms with Crippen molar-refractivity contribution >= 4 is 23.4 Å². The van der Waals surface area contributed by atoms with Gasteiger partial charge in [0.2, 0.25) is 0 Å². The largest absolute Gasteiger partial charge is 0.497 e. The monoisotopic (exact) mass is 396 g/mol. The zero-order valence-electron chi connectivity index (χ0n) is 16.3. The molecule has 0 atom stereocenters. The van der Waals surface area contributed by atoms with Gasteiger partial charge < -0.3 is 10.1 Å². The third-order valence-electron chi connectivity index (χ3n) is 4.38. The van der Waals surface area contributed by atoms with Gasteiger partial charge in [0.25, 0.3) is 5.91 Å². The van der Waals surface area contributed by atoms with Crippen LogP contribution in [0.5, 0.6) is 5.75 Å². The highest BCUT2D eigenvalue weighted by Crippen LogP contribution is 2.26. The molecule has 0 aliphatic heterocycles. The summed E-state index contributed by atoms with van der Waals surface area (Å²) in [7, 11) is 1.62. The molecule has 1 heterocycles. The van der Waals surface area contributed by atoms with Crippen molar-refractivity contribution in [3.8, 4) is 17.0 Å². The Morgan fingerprint density at radius 1 is 1.14 bits per heavy atom. The summed E-state index contributed by atoms with van der Waals surface area (Å²) in [5.74, 6) is 2.03. The maximum Gasteiger partial charge on any atom is 0.276 e. The van der Waals surface area contributed by atoms with Crippen molar-refractivity contribution in [2.24, 2.45) is 0 Å². The van der Waals surface area contributed by atoms with Crippen LogP contribution in [0.4, 0.5) is 5.69 Å². The lowest BCUT2D eigenvalue weighted by molar-refractivity contribution is 0.101. The standard InChI is InChI=1S/C21H24N4O2S/c1-4-15-8-6-7-9-18(15)22-21(26)20-19(23-24-25(20)14-28-5-2)16-10-12-17(27-3)13-11-16/h6-13H,4-5,14H2,1-3H3,(H,22,26). The van der Waals surface area contributed by atoms with Crippen LogP contribution in [0.15, 0.2) is 48.5 Å². The molecule has 1 amide bonds. The van der Waals surface area contributed by atoms with Crippen molar-refractivity contribution < 1.29 is 9.53 Å². The van der Waals surface area contributed by atoms with E-state index in [1.807, 2.05) is 48.5 Å². The van der Waals surface area contributed by atoms with Gasteiger partial charge in [-0.15, -0.1) is 16.9 Å². The fourth-order valence-corrected chi connectivity index (χ4v) is 3.42. The summed E-state index contributed by atoms with van der Waals surface area (Å²) >= 11 is 1.68. The van der Waals surface area contributed by atoms with Crippen LogP contribution in [0.25, 0.3) is 11.3 Å². The second-order valence-electron chi connectivity index (χ2n) is 6.10. The van der Waals surface area contributed by atoms with E-state index in [0.29, 0.717) is 17.3 Å². The van der Waals surface area contributed by atoms with E-state index in [9.17, 15) is 4.79 Å². The highest BCUT2D eigenvalue weighted by molar-refractivity contribution is 7.98. The zero-order valence-corrected chi connectivity index (χ0v) is 17.1. The lowest BCUT2D eigenvalue weighted by Gasteiger charge is -2.12. The van der Waals surface area contributed by atoms with Crippen LogP contribution in [0.2, 0.25) is 0 Å². The second-order valence-corrected chi connectivity index (χ2v) is 7.35. The van der Waals surface area contributed by atoms with E-state index >= 15 is 0 Å². The number of ether oxygens (including phenoxy) is 1. The summed E-state index contributed by atoms with van der Waals surface area (Å²) in [4.78, 5) is 13.2. The molecule has 146 valence electrons. The number of para-hydroxylation sites is 1. The Kier molecular flexibility index (Phi) is 6.71. The van der Waals surface area contributed by atoms with Gasteiger partial charge >= 0.3 is 0 Å². The lowest BCUT2D eigenvalue weighted by atomic mass is 10.1. The second kappa shape index (κ2) is 9.41. The van der Waals surface area contributed by atoms with E-state index in [0.717, 1.165) is 34.7 Å². The molecular formula is C21H24N4O2S. The Balaban J connectivity index is 1.98. The topological polar surface area (TPSA) is 69.0 Å². The van der Waals surface area contributed by atoms with Crippen molar-refractivity contribution in [2.75, 3.05) is 18.2 Å². The van der Waals surface area contributed by atoms with Gasteiger partial charge in [-0.3, -0.25) is 4.79 Å². The molecule has 2 aromatic carbocycles. The highest BCUT2D eigenvalue weighted by Gasteiger charge is 2.22. The van der Waals surface area contributed by atoms with Crippen LogP contribution in [-0.4, -0.2) is 33.8 Å². The number of aryl methyl sites for hydroxylation is 1. The van der Waals surface area contributed by atoms with E-state index in [2.05, 4.69) is 29.5 Å². The van der Waals surface area contributed by atoms with Gasteiger partial charge in [-0.1, -0.05) is 37.3 Å². The molecule has 7 heteroatoms. The number of hydrogen-bond donors (Lipinski definition) is 1. The van der Waals surface area contributed by atoms with Crippen molar-refractivity contribution in [3.05, 3.63) is 59.8 Å². The van der Waals surface area contributed by atoms with Gasteiger partial charge in [-0.2, -0.15) is 0 Å². The number of anilines is 1. The molecule has 6 nitrogen and oxygen atoms in total. The molecule has 0 spiro atoms. The van der Waals surface area contributed by atoms with Crippen LogP contribution in [-0.2, 0) is 12.3 Å². The fourth-order valence-electron chi connectivity index (χ4n) is 2.88. The minimum absolute atomic E-state index is 0.214. The van der Waals surface area contributed by atoms with E-state index in [4.69, 9.17) is 4.74 Å². The first-order valence-corrected chi connectivity index (χ1v) is 10.4. The number of carbonyl (C=O) groups excluding carboxylic acids is 1. The van der Waals surface area contributed by atoms with Crippen molar-refractivity contribution in [3.63, 3.8) is 0 Å². The molecule has 0 unspecified atom stereocenters. The average molecular weight is 397 g/mol. The maximum atomic E-state index is 13.2. The quantitative estimate of drug-likeness (QED) is 0.608. The summed E-state index contributed by atoms with van der Waals surface area (Å²) in [6.45, 7) is 4.14. The van der Waals surface area contributed by atoms with E-state index in [-0.39, 0.29) is 5.91 Å². The molecule has 1 N–H and O–H groups in total. The smallest absolute Gasteiger partial charge is 0.276 e. The van der Waals surface area contributed by atoms with E-state index in [1.54, 1.807) is 23.6 Å². The summed E-state index contributed by atoms with van der Waals surface area (Å²) in [5.41, 5.74) is 3.74. The normalized spacial score (nSPS) is 10.7. The fraction of sp³-hybridized carbons (Fsp3) is 0.286. The molecule has 0 saturated heterocycles. The number of aromatic nitrogens is 3. The predicted octanol–water partition coefficient (Wildman–Crippen LogP) is 4.48. The Labute approximate surface area is 169 Å². The summed E-state index contributed by atoms with van der Waals surface area (Å²) < 4.78 is 6.89. The number of benzene rings is 2. The van der Waals surface area contributed by atoms with Gasteiger partial charge in [-0.25, -0.2) is 4.68 Å². The zero-order chi connectivity index (χ0) is 19.9. The molecular weight excluding hydrogens is 372 g/mol. The van der Waals surface area contributed by atoms with Crippen LogP contribution < -0.4 is 10.1 Å². The number of nitrogens with zero attached hydrogens (tertiary/aromatic N) is 3.